The SMILES string of the molecule is O=C(CN1CCN(c2cccc(Cl)c2)C1=O)Nc1cccc(OC(F)F)c1. The second-order valence-corrected chi connectivity index (χ2v) is 6.23. The molecule has 0 saturated carbocycles. The number of urea groups is 1. The molecule has 3 rings (SSSR count). The van der Waals surface area contributed by atoms with Crippen LogP contribution in [0.4, 0.5) is 25.0 Å². The summed E-state index contributed by atoms with van der Waals surface area (Å²) in [7, 11) is 0. The summed E-state index contributed by atoms with van der Waals surface area (Å²) in [5, 5.41) is 3.09. The van der Waals surface area contributed by atoms with Crippen LogP contribution in [0.1, 0.15) is 0 Å². The first-order valence-corrected chi connectivity index (χ1v) is 8.47. The Hall–Kier alpha value is -2.87. The minimum atomic E-state index is -2.95. The number of carbonyl (C=O) groups is 2. The van der Waals surface area contributed by atoms with Crippen LogP contribution in [0, 0.1) is 0 Å². The van der Waals surface area contributed by atoms with Gasteiger partial charge in [0.05, 0.1) is 0 Å². The van der Waals surface area contributed by atoms with Gasteiger partial charge in [-0.15, -0.1) is 0 Å². The molecule has 0 bridgehead atoms. The van der Waals surface area contributed by atoms with E-state index in [-0.39, 0.29) is 18.3 Å². The zero-order valence-corrected chi connectivity index (χ0v) is 14.8. The Morgan fingerprint density at radius 2 is 1.96 bits per heavy atom. The van der Waals surface area contributed by atoms with Gasteiger partial charge >= 0.3 is 12.6 Å². The van der Waals surface area contributed by atoms with Crippen LogP contribution < -0.4 is 15.0 Å². The number of amides is 3. The minimum absolute atomic E-state index is 0.0628. The van der Waals surface area contributed by atoms with Gasteiger partial charge in [0.15, 0.2) is 0 Å². The van der Waals surface area contributed by atoms with Gasteiger partial charge in [0, 0.05) is 35.6 Å². The van der Waals surface area contributed by atoms with Crippen molar-refractivity contribution >= 4 is 34.9 Å². The number of anilines is 2. The van der Waals surface area contributed by atoms with Gasteiger partial charge in [0.25, 0.3) is 0 Å². The number of nitrogens with zero attached hydrogens (tertiary/aromatic N) is 2. The molecule has 1 heterocycles. The van der Waals surface area contributed by atoms with Gasteiger partial charge in [-0.1, -0.05) is 23.7 Å². The van der Waals surface area contributed by atoms with Crippen LogP contribution in [0.2, 0.25) is 5.02 Å². The second kappa shape index (κ2) is 8.22. The lowest BCUT2D eigenvalue weighted by Gasteiger charge is -2.18. The summed E-state index contributed by atoms with van der Waals surface area (Å²) in [5.74, 6) is -0.502. The van der Waals surface area contributed by atoms with E-state index in [4.69, 9.17) is 11.6 Å². The van der Waals surface area contributed by atoms with Crippen LogP contribution in [-0.4, -0.2) is 43.1 Å². The van der Waals surface area contributed by atoms with Crippen LogP contribution in [-0.2, 0) is 4.79 Å². The number of alkyl halides is 2. The molecule has 0 radical (unpaired) electrons. The standard InChI is InChI=1S/C18H16ClF2N3O3/c19-12-3-1-5-14(9-12)24-8-7-23(18(24)26)11-16(25)22-13-4-2-6-15(10-13)27-17(20)21/h1-6,9-10,17H,7-8,11H2,(H,22,25). The lowest BCUT2D eigenvalue weighted by Crippen LogP contribution is -2.37. The number of carbonyl (C=O) groups excluding carboxylic acids is 2. The van der Waals surface area contributed by atoms with Crippen molar-refractivity contribution in [3.05, 3.63) is 53.6 Å². The summed E-state index contributed by atoms with van der Waals surface area (Å²) in [6.07, 6.45) is 0. The fraction of sp³-hybridized carbons (Fsp3) is 0.222. The Bertz CT molecular complexity index is 850. The van der Waals surface area contributed by atoms with Gasteiger partial charge in [-0.05, 0) is 30.3 Å². The normalized spacial score (nSPS) is 14.0. The molecule has 142 valence electrons. The second-order valence-electron chi connectivity index (χ2n) is 5.79. The minimum Gasteiger partial charge on any atom is -0.435 e. The van der Waals surface area contributed by atoms with Gasteiger partial charge < -0.3 is 15.0 Å². The molecule has 27 heavy (non-hydrogen) atoms. The van der Waals surface area contributed by atoms with E-state index in [0.717, 1.165) is 0 Å². The maximum atomic E-state index is 12.5. The molecule has 1 aliphatic rings. The molecular weight excluding hydrogens is 380 g/mol. The third-order valence-corrected chi connectivity index (χ3v) is 4.13. The summed E-state index contributed by atoms with van der Waals surface area (Å²) in [5.41, 5.74) is 0.962. The largest absolute Gasteiger partial charge is 0.435 e. The molecule has 9 heteroatoms. The zero-order chi connectivity index (χ0) is 19.4. The van der Waals surface area contributed by atoms with Crippen molar-refractivity contribution in [2.75, 3.05) is 29.9 Å². The highest BCUT2D eigenvalue weighted by Gasteiger charge is 2.30. The monoisotopic (exact) mass is 395 g/mol. The van der Waals surface area contributed by atoms with E-state index in [0.29, 0.717) is 29.5 Å². The van der Waals surface area contributed by atoms with Gasteiger partial charge in [0.1, 0.15) is 12.3 Å². The Morgan fingerprint density at radius 3 is 2.70 bits per heavy atom. The molecule has 0 atom stereocenters. The highest BCUT2D eigenvalue weighted by atomic mass is 35.5. The molecule has 0 aromatic heterocycles. The summed E-state index contributed by atoms with van der Waals surface area (Å²) in [4.78, 5) is 27.7. The van der Waals surface area contributed by atoms with E-state index < -0.39 is 12.5 Å². The molecule has 1 aliphatic heterocycles. The van der Waals surface area contributed by atoms with Crippen molar-refractivity contribution in [2.45, 2.75) is 6.61 Å². The number of benzene rings is 2. The quantitative estimate of drug-likeness (QED) is 0.808. The molecule has 2 aromatic carbocycles. The van der Waals surface area contributed by atoms with Crippen molar-refractivity contribution in [1.82, 2.24) is 4.90 Å². The van der Waals surface area contributed by atoms with Crippen molar-refractivity contribution in [2.24, 2.45) is 0 Å². The number of rotatable bonds is 6. The lowest BCUT2D eigenvalue weighted by molar-refractivity contribution is -0.116. The maximum absolute atomic E-state index is 12.5. The van der Waals surface area contributed by atoms with E-state index in [1.807, 2.05) is 0 Å². The average molecular weight is 396 g/mol. The summed E-state index contributed by atoms with van der Waals surface area (Å²) in [6.45, 7) is -2.29. The molecule has 1 saturated heterocycles. The van der Waals surface area contributed by atoms with Crippen molar-refractivity contribution in [3.8, 4) is 5.75 Å². The lowest BCUT2D eigenvalue weighted by atomic mass is 10.3. The van der Waals surface area contributed by atoms with Crippen molar-refractivity contribution in [1.29, 1.82) is 0 Å². The van der Waals surface area contributed by atoms with E-state index >= 15 is 0 Å². The van der Waals surface area contributed by atoms with Crippen LogP contribution in [0.5, 0.6) is 5.75 Å². The average Bonchev–Trinajstić information content (AvgIpc) is 2.95. The molecule has 3 amide bonds. The molecule has 1 N–H and O–H groups in total. The number of hydrogen-bond donors (Lipinski definition) is 1. The molecule has 0 spiro atoms. The fourth-order valence-corrected chi connectivity index (χ4v) is 2.92. The maximum Gasteiger partial charge on any atom is 0.387 e. The number of halogens is 3. The van der Waals surface area contributed by atoms with E-state index in [1.165, 1.54) is 28.0 Å². The highest BCUT2D eigenvalue weighted by molar-refractivity contribution is 6.30. The van der Waals surface area contributed by atoms with Gasteiger partial charge in [-0.3, -0.25) is 9.69 Å². The predicted octanol–water partition coefficient (Wildman–Crippen LogP) is 3.82. The van der Waals surface area contributed by atoms with Crippen LogP contribution in [0.15, 0.2) is 48.5 Å². The third kappa shape index (κ3) is 4.85. The van der Waals surface area contributed by atoms with Crippen LogP contribution in [0.3, 0.4) is 0 Å². The third-order valence-electron chi connectivity index (χ3n) is 3.89. The Kier molecular flexibility index (Phi) is 5.75. The van der Waals surface area contributed by atoms with Gasteiger partial charge in [0.2, 0.25) is 5.91 Å². The van der Waals surface area contributed by atoms with E-state index in [2.05, 4.69) is 10.1 Å². The molecule has 1 fully saturated rings. The topological polar surface area (TPSA) is 61.9 Å². The smallest absolute Gasteiger partial charge is 0.387 e. The summed E-state index contributed by atoms with van der Waals surface area (Å²) < 4.78 is 28.8. The number of ether oxygens (including phenoxy) is 1. The first-order valence-electron chi connectivity index (χ1n) is 8.09. The molecule has 6 nitrogen and oxygen atoms in total. The molecule has 0 unspecified atom stereocenters. The van der Waals surface area contributed by atoms with Crippen LogP contribution >= 0.6 is 11.6 Å². The van der Waals surface area contributed by atoms with Gasteiger partial charge in [-0.25, -0.2) is 4.79 Å². The first-order chi connectivity index (χ1) is 12.9. The number of nitrogens with one attached hydrogen (secondary N) is 1. The summed E-state index contributed by atoms with van der Waals surface area (Å²) >= 11 is 5.95. The molecule has 0 aliphatic carbocycles. The van der Waals surface area contributed by atoms with Crippen molar-refractivity contribution in [3.63, 3.8) is 0 Å². The fourth-order valence-electron chi connectivity index (χ4n) is 2.74. The van der Waals surface area contributed by atoms with Crippen LogP contribution in [0.25, 0.3) is 0 Å². The highest BCUT2D eigenvalue weighted by Crippen LogP contribution is 2.24. The van der Waals surface area contributed by atoms with E-state index in [1.54, 1.807) is 30.3 Å². The molecule has 2 aromatic rings. The van der Waals surface area contributed by atoms with Crippen molar-refractivity contribution < 1.29 is 23.1 Å². The summed E-state index contributed by atoms with van der Waals surface area (Å²) in [6, 6.07) is 12.3. The predicted molar refractivity (Wildman–Crippen MR) is 97.5 cm³/mol. The molecular formula is C18H16ClF2N3O3. The van der Waals surface area contributed by atoms with Gasteiger partial charge in [-0.2, -0.15) is 8.78 Å². The number of hydrogen-bond acceptors (Lipinski definition) is 3. The Balaban J connectivity index is 1.59. The Labute approximate surface area is 159 Å². The Morgan fingerprint density at radius 1 is 1.19 bits per heavy atom. The van der Waals surface area contributed by atoms with E-state index in [9.17, 15) is 18.4 Å². The zero-order valence-electron chi connectivity index (χ0n) is 14.1. The first kappa shape index (κ1) is 18.9.